The molecule has 0 spiro atoms. The van der Waals surface area contributed by atoms with Crippen LogP contribution in [0.25, 0.3) is 0 Å². The van der Waals surface area contributed by atoms with Crippen molar-refractivity contribution in [3.63, 3.8) is 0 Å². The molecule has 0 aliphatic heterocycles. The first kappa shape index (κ1) is 19.3. The minimum atomic E-state index is -1.48. The zero-order valence-electron chi connectivity index (χ0n) is 14.8. The molecule has 0 nitrogen and oxygen atoms in total. The van der Waals surface area contributed by atoms with Crippen LogP contribution < -0.4 is 0 Å². The van der Waals surface area contributed by atoms with Gasteiger partial charge in [0.15, 0.2) is 0 Å². The van der Waals surface area contributed by atoms with Crippen LogP contribution in [0, 0.1) is 17.4 Å². The van der Waals surface area contributed by atoms with E-state index in [4.69, 9.17) is 0 Å². The number of hydrogen-bond acceptors (Lipinski definition) is 0. The van der Waals surface area contributed by atoms with Crippen LogP contribution >= 0.6 is 0 Å². The van der Waals surface area contributed by atoms with E-state index in [0.29, 0.717) is 0 Å². The lowest BCUT2D eigenvalue weighted by Crippen LogP contribution is -2.43. The van der Waals surface area contributed by atoms with E-state index < -0.39 is 22.2 Å². The molecule has 0 aliphatic rings. The minimum absolute atomic E-state index is 0.429. The summed E-state index contributed by atoms with van der Waals surface area (Å²) in [6.45, 7) is 16.7. The summed E-state index contributed by atoms with van der Waals surface area (Å²) in [5.41, 5.74) is 6.12. The van der Waals surface area contributed by atoms with Crippen molar-refractivity contribution in [3.05, 3.63) is 0 Å². The van der Waals surface area contributed by atoms with Crippen LogP contribution in [-0.2, 0) is 0 Å². The van der Waals surface area contributed by atoms with Gasteiger partial charge in [-0.2, -0.15) is 0 Å². The molecule has 1 atom stereocenters. The smallest absolute Gasteiger partial charge is 0.130 e. The number of rotatable bonds is 6. The van der Waals surface area contributed by atoms with E-state index >= 15 is 0 Å². The van der Waals surface area contributed by atoms with Crippen LogP contribution in [0.15, 0.2) is 0 Å². The molecular weight excluding hydrogens is 259 g/mol. The van der Waals surface area contributed by atoms with E-state index in [2.05, 4.69) is 71.5 Å². The maximum absolute atomic E-state index is 3.84. The van der Waals surface area contributed by atoms with Gasteiger partial charge in [0, 0.05) is 6.42 Å². The highest BCUT2D eigenvalue weighted by molar-refractivity contribution is 6.90. The van der Waals surface area contributed by atoms with E-state index in [1.807, 2.05) is 0 Å². The lowest BCUT2D eigenvalue weighted by molar-refractivity contribution is 0.668. The molecule has 0 unspecified atom stereocenters. The third-order valence-corrected chi connectivity index (χ3v) is 12.6. The Labute approximate surface area is 128 Å². The van der Waals surface area contributed by atoms with E-state index in [1.165, 1.54) is 5.28 Å². The van der Waals surface area contributed by atoms with E-state index in [0.717, 1.165) is 29.0 Å². The van der Waals surface area contributed by atoms with Crippen molar-refractivity contribution in [2.75, 3.05) is 0 Å². The maximum atomic E-state index is 3.84. The van der Waals surface area contributed by atoms with Gasteiger partial charge in [0.2, 0.25) is 0 Å². The van der Waals surface area contributed by atoms with Gasteiger partial charge in [-0.05, 0) is 22.5 Å². The molecule has 0 saturated heterocycles. The Morgan fingerprint density at radius 3 is 1.58 bits per heavy atom. The molecule has 0 aromatic heterocycles. The Kier molecular flexibility index (Phi) is 8.70. The van der Waals surface area contributed by atoms with Gasteiger partial charge in [-0.25, -0.2) is 0 Å². The SMILES string of the molecule is CC(C)[Si](C#CC[C@H](C)[CH2][Al]([CH3])[CH3])(C(C)C)C(C)C. The summed E-state index contributed by atoms with van der Waals surface area (Å²) >= 11 is -0.429. The van der Waals surface area contributed by atoms with Crippen LogP contribution in [0.3, 0.4) is 0 Å². The molecule has 0 fully saturated rings. The van der Waals surface area contributed by atoms with Crippen molar-refractivity contribution in [3.8, 4) is 11.5 Å². The molecule has 0 bridgehead atoms. The molecular formula is C17H35AlSi. The number of hydrogen-bond donors (Lipinski definition) is 0. The Balaban J connectivity index is 4.95. The third-order valence-electron chi connectivity index (χ3n) is 4.50. The topological polar surface area (TPSA) is 0 Å². The van der Waals surface area contributed by atoms with Gasteiger partial charge in [0.05, 0.1) is 0 Å². The highest BCUT2D eigenvalue weighted by atomic mass is 28.3. The molecule has 0 radical (unpaired) electrons. The molecule has 0 aromatic carbocycles. The van der Waals surface area contributed by atoms with Gasteiger partial charge in [-0.1, -0.05) is 53.7 Å². The molecule has 0 N–H and O–H groups in total. The van der Waals surface area contributed by atoms with E-state index in [1.54, 1.807) is 0 Å². The van der Waals surface area contributed by atoms with Crippen LogP contribution in [0.2, 0.25) is 33.5 Å². The van der Waals surface area contributed by atoms with Gasteiger partial charge >= 0.3 is 0 Å². The van der Waals surface area contributed by atoms with Crippen LogP contribution in [0.5, 0.6) is 0 Å². The Hall–Kier alpha value is 0.309. The molecule has 0 aliphatic carbocycles. The van der Waals surface area contributed by atoms with Gasteiger partial charge in [-0.15, -0.1) is 23.0 Å². The summed E-state index contributed by atoms with van der Waals surface area (Å²) in [6, 6.07) is 0. The largest absolute Gasteiger partial charge is 0.255 e. The standard InChI is InChI=1S/C15H29Si.2CH3.Al/c1-12(2)10-9-11-16(13(3)4,14(5)6)15(7)8;;;/h12-15H,1,10H2,2-8H3;2*1H3;/t12-;;;/m0.../s1. The van der Waals surface area contributed by atoms with Crippen molar-refractivity contribution >= 4 is 22.2 Å². The first-order chi connectivity index (χ1) is 8.64. The monoisotopic (exact) mass is 294 g/mol. The van der Waals surface area contributed by atoms with Crippen molar-refractivity contribution in [2.45, 2.75) is 88.4 Å². The third kappa shape index (κ3) is 5.67. The predicted molar refractivity (Wildman–Crippen MR) is 94.9 cm³/mol. The zero-order chi connectivity index (χ0) is 15.2. The lowest BCUT2D eigenvalue weighted by Gasteiger charge is -2.38. The molecule has 0 rings (SSSR count). The highest BCUT2D eigenvalue weighted by Crippen LogP contribution is 2.40. The fraction of sp³-hybridized carbons (Fsp3) is 0.882. The molecule has 0 heterocycles. The van der Waals surface area contributed by atoms with Crippen molar-refractivity contribution in [1.29, 1.82) is 0 Å². The minimum Gasteiger partial charge on any atom is -0.130 e. The summed E-state index contributed by atoms with van der Waals surface area (Å²) in [5.74, 6) is 9.30. The second kappa shape index (κ2) is 8.56. The fourth-order valence-electron chi connectivity index (χ4n) is 3.70. The van der Waals surface area contributed by atoms with Crippen LogP contribution in [0.1, 0.15) is 54.9 Å². The lowest BCUT2D eigenvalue weighted by atomic mass is 10.1. The van der Waals surface area contributed by atoms with Gasteiger partial charge in [0.25, 0.3) is 14.1 Å². The summed E-state index contributed by atoms with van der Waals surface area (Å²) in [4.78, 5) is 0. The molecule has 2 heteroatoms. The van der Waals surface area contributed by atoms with Gasteiger partial charge < -0.3 is 0 Å². The van der Waals surface area contributed by atoms with Gasteiger partial charge in [0.1, 0.15) is 8.07 Å². The quantitative estimate of drug-likeness (QED) is 0.417. The fourth-order valence-corrected chi connectivity index (χ4v) is 10.7. The highest BCUT2D eigenvalue weighted by Gasteiger charge is 2.41. The average Bonchev–Trinajstić information content (AvgIpc) is 2.21. The van der Waals surface area contributed by atoms with Crippen LogP contribution in [0.4, 0.5) is 0 Å². The zero-order valence-corrected chi connectivity index (χ0v) is 17.0. The molecule has 110 valence electrons. The Morgan fingerprint density at radius 2 is 1.26 bits per heavy atom. The van der Waals surface area contributed by atoms with Crippen LogP contribution in [-0.4, -0.2) is 22.2 Å². The summed E-state index contributed by atoms with van der Waals surface area (Å²) in [5, 5.41) is 1.44. The molecule has 0 aromatic rings. The predicted octanol–water partition coefficient (Wildman–Crippen LogP) is 5.99. The Morgan fingerprint density at radius 1 is 0.842 bits per heavy atom. The van der Waals surface area contributed by atoms with Crippen molar-refractivity contribution in [2.24, 2.45) is 5.92 Å². The second-order valence-electron chi connectivity index (χ2n) is 7.64. The van der Waals surface area contributed by atoms with Crippen molar-refractivity contribution < 1.29 is 0 Å². The van der Waals surface area contributed by atoms with Gasteiger partial charge in [-0.3, -0.25) is 0 Å². The molecule has 0 saturated carbocycles. The van der Waals surface area contributed by atoms with E-state index in [-0.39, 0.29) is 0 Å². The molecule has 19 heavy (non-hydrogen) atoms. The summed E-state index contributed by atoms with van der Waals surface area (Å²) < 4.78 is 0. The average molecular weight is 295 g/mol. The molecule has 0 amide bonds. The Bertz CT molecular complexity index is 285. The second-order valence-corrected chi connectivity index (χ2v) is 16.5. The first-order valence-electron chi connectivity index (χ1n) is 8.14. The normalized spacial score (nSPS) is 13.7. The summed E-state index contributed by atoms with van der Waals surface area (Å²) in [6.07, 6.45) is 1.12. The summed E-state index contributed by atoms with van der Waals surface area (Å²) in [7, 11) is -1.48. The van der Waals surface area contributed by atoms with Crippen molar-refractivity contribution in [1.82, 2.24) is 0 Å². The first-order valence-corrected chi connectivity index (χ1v) is 13.5. The maximum Gasteiger partial charge on any atom is 0.255 e. The van der Waals surface area contributed by atoms with E-state index in [9.17, 15) is 0 Å².